The van der Waals surface area contributed by atoms with Crippen molar-refractivity contribution < 1.29 is 0 Å². The fraction of sp³-hybridized carbons (Fsp3) is 0.192. The third kappa shape index (κ3) is 2.47. The third-order valence-electron chi connectivity index (χ3n) is 6.88. The Hall–Kier alpha value is -2.52. The molecule has 2 aliphatic rings. The number of pyridine rings is 1. The maximum absolute atomic E-state index is 5.16. The van der Waals surface area contributed by atoms with Crippen LogP contribution in [0.5, 0.6) is 0 Å². The molecule has 0 bridgehead atoms. The van der Waals surface area contributed by atoms with Crippen LogP contribution in [0.4, 0.5) is 0 Å². The van der Waals surface area contributed by atoms with E-state index in [9.17, 15) is 0 Å². The number of nitrogens with zero attached hydrogens (tertiary/aromatic N) is 1. The van der Waals surface area contributed by atoms with Crippen LogP contribution in [0.25, 0.3) is 10.9 Å². The van der Waals surface area contributed by atoms with Crippen molar-refractivity contribution in [1.82, 2.24) is 4.98 Å². The average Bonchev–Trinajstić information content (AvgIpc) is 3.14. The highest BCUT2D eigenvalue weighted by Gasteiger charge is 2.54. The maximum atomic E-state index is 5.16. The molecule has 0 fully saturated rings. The van der Waals surface area contributed by atoms with Crippen LogP contribution in [-0.2, 0) is 5.41 Å². The van der Waals surface area contributed by atoms with Crippen molar-refractivity contribution >= 4 is 40.4 Å². The summed E-state index contributed by atoms with van der Waals surface area (Å²) in [6, 6.07) is 31.0. The highest BCUT2D eigenvalue weighted by molar-refractivity contribution is 8.02. The van der Waals surface area contributed by atoms with E-state index >= 15 is 0 Å². The number of aromatic nitrogens is 1. The molecule has 3 aromatic carbocycles. The first kappa shape index (κ1) is 17.4. The summed E-state index contributed by atoms with van der Waals surface area (Å²) in [4.78, 5) is 6.59. The van der Waals surface area contributed by atoms with Gasteiger partial charge in [-0.25, -0.2) is 0 Å². The molecule has 6 rings (SSSR count). The number of hydrogen-bond acceptors (Lipinski definition) is 2. The number of hydrogen-bond donors (Lipinski definition) is 0. The molecule has 1 aromatic heterocycles. The number of fused-ring (bicyclic) bond motifs is 5. The van der Waals surface area contributed by atoms with Crippen LogP contribution in [0.15, 0.2) is 89.8 Å². The number of thioether (sulfide) groups is 1. The summed E-state index contributed by atoms with van der Waals surface area (Å²) in [6.07, 6.45) is 0. The van der Waals surface area contributed by atoms with E-state index in [2.05, 4.69) is 111 Å². The molecule has 4 aromatic rings. The summed E-state index contributed by atoms with van der Waals surface area (Å²) in [5.41, 5.74) is 6.80. The predicted molar refractivity (Wildman–Crippen MR) is 125 cm³/mol. The summed E-state index contributed by atoms with van der Waals surface area (Å²) >= 11 is 2.05. The number of rotatable bonds is 1. The normalized spacial score (nSPS) is 21.5. The van der Waals surface area contributed by atoms with Gasteiger partial charge in [-0.2, -0.15) is 0 Å². The van der Waals surface area contributed by atoms with Crippen LogP contribution in [0, 0.1) is 0 Å². The SMILES string of the molecule is CC1(C)c2ccccc2B(c2ccc3ccccc3n2)C2Sc3ccccc3C21. The molecule has 140 valence electrons. The maximum Gasteiger partial charge on any atom is 0.247 e. The lowest BCUT2D eigenvalue weighted by Gasteiger charge is -2.45. The average molecular weight is 391 g/mol. The van der Waals surface area contributed by atoms with Crippen molar-refractivity contribution in [2.75, 3.05) is 0 Å². The molecular formula is C26H22BNS. The lowest BCUT2D eigenvalue weighted by atomic mass is 9.32. The second-order valence-corrected chi connectivity index (χ2v) is 10.0. The van der Waals surface area contributed by atoms with Crippen LogP contribution in [0.3, 0.4) is 0 Å². The van der Waals surface area contributed by atoms with Gasteiger partial charge in [0.25, 0.3) is 0 Å². The Morgan fingerprint density at radius 1 is 0.828 bits per heavy atom. The van der Waals surface area contributed by atoms with E-state index in [1.807, 2.05) is 0 Å². The van der Waals surface area contributed by atoms with Crippen molar-refractivity contribution in [3.63, 3.8) is 0 Å². The van der Waals surface area contributed by atoms with Gasteiger partial charge < -0.3 is 0 Å². The van der Waals surface area contributed by atoms with Crippen molar-refractivity contribution in [1.29, 1.82) is 0 Å². The number of benzene rings is 3. The zero-order chi connectivity index (χ0) is 19.6. The van der Waals surface area contributed by atoms with Crippen molar-refractivity contribution in [3.8, 4) is 0 Å². The van der Waals surface area contributed by atoms with Crippen molar-refractivity contribution in [3.05, 3.63) is 96.1 Å². The molecule has 0 saturated heterocycles. The van der Waals surface area contributed by atoms with Crippen molar-refractivity contribution in [2.45, 2.75) is 35.2 Å². The van der Waals surface area contributed by atoms with Crippen LogP contribution in [0.1, 0.15) is 30.9 Å². The standard InChI is InChI=1S/C26H22BNS/c1-26(2)19-11-5-6-12-20(19)27(23-16-15-17-9-3-7-13-21(17)28-23)25-24(26)18-10-4-8-14-22(18)29-25/h3-16,24-25H,1-2H3. The van der Waals surface area contributed by atoms with Gasteiger partial charge in [-0.15, -0.1) is 11.8 Å². The highest BCUT2D eigenvalue weighted by Crippen LogP contribution is 2.56. The largest absolute Gasteiger partial charge is 0.262 e. The molecular weight excluding hydrogens is 369 g/mol. The highest BCUT2D eigenvalue weighted by atomic mass is 32.2. The van der Waals surface area contributed by atoms with E-state index in [4.69, 9.17) is 4.98 Å². The molecule has 3 heteroatoms. The van der Waals surface area contributed by atoms with Gasteiger partial charge in [-0.3, -0.25) is 4.98 Å². The van der Waals surface area contributed by atoms with Gasteiger partial charge >= 0.3 is 0 Å². The third-order valence-corrected chi connectivity index (χ3v) is 8.32. The summed E-state index contributed by atoms with van der Waals surface area (Å²) in [5, 5.41) is 1.67. The molecule has 0 N–H and O–H groups in total. The molecule has 0 saturated carbocycles. The summed E-state index contributed by atoms with van der Waals surface area (Å²) < 4.78 is 0. The smallest absolute Gasteiger partial charge is 0.247 e. The Bertz CT molecular complexity index is 1250. The van der Waals surface area contributed by atoms with Gasteiger partial charge in [-0.05, 0) is 34.7 Å². The van der Waals surface area contributed by atoms with Crippen LogP contribution >= 0.6 is 11.8 Å². The Morgan fingerprint density at radius 2 is 1.59 bits per heavy atom. The Balaban J connectivity index is 1.61. The summed E-state index contributed by atoms with van der Waals surface area (Å²) in [5.74, 6) is 0.483. The van der Waals surface area contributed by atoms with E-state index in [-0.39, 0.29) is 5.41 Å². The van der Waals surface area contributed by atoms with E-state index in [0.717, 1.165) is 5.52 Å². The second-order valence-electron chi connectivity index (χ2n) is 8.81. The zero-order valence-corrected chi connectivity index (χ0v) is 17.5. The monoisotopic (exact) mass is 391 g/mol. The van der Waals surface area contributed by atoms with Gasteiger partial charge in [0.2, 0.25) is 6.71 Å². The Kier molecular flexibility index (Phi) is 3.73. The minimum Gasteiger partial charge on any atom is -0.262 e. The fourth-order valence-electron chi connectivity index (χ4n) is 5.58. The first-order valence-corrected chi connectivity index (χ1v) is 11.2. The first-order chi connectivity index (χ1) is 14.1. The number of para-hydroxylation sites is 1. The summed E-state index contributed by atoms with van der Waals surface area (Å²) in [6.45, 7) is 5.15. The molecule has 0 radical (unpaired) electrons. The molecule has 29 heavy (non-hydrogen) atoms. The van der Waals surface area contributed by atoms with Gasteiger partial charge in [0.15, 0.2) is 0 Å². The second kappa shape index (κ2) is 6.24. The van der Waals surface area contributed by atoms with Crippen LogP contribution in [0.2, 0.25) is 0 Å². The van der Waals surface area contributed by atoms with Gasteiger partial charge in [0.1, 0.15) is 0 Å². The molecule has 3 heterocycles. The summed E-state index contributed by atoms with van der Waals surface area (Å²) in [7, 11) is 0. The Morgan fingerprint density at radius 3 is 2.52 bits per heavy atom. The lowest BCUT2D eigenvalue weighted by molar-refractivity contribution is 0.426. The van der Waals surface area contributed by atoms with Crippen molar-refractivity contribution in [2.24, 2.45) is 0 Å². The molecule has 1 nitrogen and oxygen atoms in total. The fourth-order valence-corrected chi connectivity index (χ4v) is 7.40. The lowest BCUT2D eigenvalue weighted by Crippen LogP contribution is -2.61. The molecule has 0 spiro atoms. The van der Waals surface area contributed by atoms with Gasteiger partial charge in [0.05, 0.1) is 5.52 Å². The van der Waals surface area contributed by atoms with Gasteiger partial charge in [0, 0.05) is 26.9 Å². The first-order valence-electron chi connectivity index (χ1n) is 10.4. The van der Waals surface area contributed by atoms with E-state index < -0.39 is 0 Å². The zero-order valence-electron chi connectivity index (χ0n) is 16.7. The minimum absolute atomic E-state index is 0.0915. The Labute approximate surface area is 176 Å². The molecule has 0 aliphatic carbocycles. The van der Waals surface area contributed by atoms with E-state index in [1.54, 1.807) is 0 Å². The molecule has 2 unspecified atom stereocenters. The quantitative estimate of drug-likeness (QED) is 0.427. The predicted octanol–water partition coefficient (Wildman–Crippen LogP) is 4.93. The topological polar surface area (TPSA) is 12.9 Å². The van der Waals surface area contributed by atoms with Crippen LogP contribution in [-0.4, -0.2) is 16.8 Å². The van der Waals surface area contributed by atoms with E-state index in [1.165, 1.54) is 32.5 Å². The molecule has 2 atom stereocenters. The molecule has 0 amide bonds. The van der Waals surface area contributed by atoms with Gasteiger partial charge in [-0.1, -0.05) is 86.0 Å². The van der Waals surface area contributed by atoms with Crippen LogP contribution < -0.4 is 11.1 Å². The van der Waals surface area contributed by atoms with E-state index in [0.29, 0.717) is 17.8 Å². The minimum atomic E-state index is 0.0915. The molecule has 2 aliphatic heterocycles.